The van der Waals surface area contributed by atoms with E-state index in [2.05, 4.69) is 63.7 Å². The number of imidazole rings is 2. The molecule has 11 heteroatoms. The molecule has 4 aromatic rings. The van der Waals surface area contributed by atoms with E-state index < -0.39 is 12.8 Å². The van der Waals surface area contributed by atoms with E-state index in [1.54, 1.807) is 12.1 Å². The van der Waals surface area contributed by atoms with Crippen LogP contribution in [-0.4, -0.2) is 50.0 Å². The Morgan fingerprint density at radius 1 is 0.951 bits per heavy atom. The van der Waals surface area contributed by atoms with Crippen LogP contribution in [0.4, 0.5) is 13.2 Å². The second-order valence-corrected chi connectivity index (χ2v) is 10.9. The predicted molar refractivity (Wildman–Crippen MR) is 150 cm³/mol. The average Bonchev–Trinajstić information content (AvgIpc) is 3.49. The zero-order valence-electron chi connectivity index (χ0n) is 23.5. The van der Waals surface area contributed by atoms with Gasteiger partial charge in [0.15, 0.2) is 6.61 Å². The van der Waals surface area contributed by atoms with Gasteiger partial charge < -0.3 is 24.5 Å². The monoisotopic (exact) mass is 565 g/mol. The van der Waals surface area contributed by atoms with Gasteiger partial charge in [-0.15, -0.1) is 0 Å². The number of nitrogens with zero attached hydrogens (tertiary/aromatic N) is 5. The van der Waals surface area contributed by atoms with Gasteiger partial charge >= 0.3 is 6.18 Å². The van der Waals surface area contributed by atoms with Crippen molar-refractivity contribution in [2.75, 3.05) is 19.7 Å². The van der Waals surface area contributed by atoms with Crippen molar-refractivity contribution in [3.05, 3.63) is 70.7 Å². The molecule has 0 fully saturated rings. The van der Waals surface area contributed by atoms with E-state index in [9.17, 15) is 13.2 Å². The molecular weight excluding hydrogens is 531 g/mol. The molecule has 216 valence electrons. The molecule has 0 amide bonds. The normalized spacial score (nSPS) is 15.2. The first-order valence-corrected chi connectivity index (χ1v) is 14.0. The van der Waals surface area contributed by atoms with Gasteiger partial charge in [0.25, 0.3) is 0 Å². The lowest BCUT2D eigenvalue weighted by molar-refractivity contribution is -0.154. The molecule has 6 rings (SSSR count). The fraction of sp³-hybridized carbons (Fsp3) is 0.433. The summed E-state index contributed by atoms with van der Waals surface area (Å²) in [6.45, 7) is 9.79. The Labute approximate surface area is 237 Å². The first-order chi connectivity index (χ1) is 19.7. The molecular formula is C30H34F3N7O. The van der Waals surface area contributed by atoms with Crippen LogP contribution in [0.25, 0.3) is 22.5 Å². The quantitative estimate of drug-likeness (QED) is 0.329. The number of ether oxygens (including phenoxy) is 1. The van der Waals surface area contributed by atoms with Gasteiger partial charge in [0.1, 0.15) is 11.6 Å². The first-order valence-electron chi connectivity index (χ1n) is 14.0. The number of alkyl halides is 3. The summed E-state index contributed by atoms with van der Waals surface area (Å²) in [5.74, 6) is 2.12. The molecule has 0 atom stereocenters. The number of aromatic nitrogens is 5. The summed E-state index contributed by atoms with van der Waals surface area (Å²) in [7, 11) is 0. The van der Waals surface area contributed by atoms with Gasteiger partial charge in [-0.25, -0.2) is 15.0 Å². The fourth-order valence-corrected chi connectivity index (χ4v) is 5.86. The highest BCUT2D eigenvalue weighted by molar-refractivity contribution is 5.69. The van der Waals surface area contributed by atoms with Crippen LogP contribution in [0.15, 0.2) is 36.5 Å². The Kier molecular flexibility index (Phi) is 7.33. The Morgan fingerprint density at radius 2 is 1.66 bits per heavy atom. The molecule has 0 saturated carbocycles. The third kappa shape index (κ3) is 5.48. The number of pyridine rings is 1. The zero-order chi connectivity index (χ0) is 28.7. The Hall–Kier alpha value is -3.70. The smallest absolute Gasteiger partial charge is 0.422 e. The van der Waals surface area contributed by atoms with Crippen LogP contribution < -0.4 is 15.4 Å². The second kappa shape index (κ2) is 10.9. The maximum Gasteiger partial charge on any atom is 0.422 e. The van der Waals surface area contributed by atoms with Gasteiger partial charge in [-0.2, -0.15) is 13.2 Å². The molecule has 0 radical (unpaired) electrons. The number of hydrogen-bond donors (Lipinski definition) is 2. The van der Waals surface area contributed by atoms with Gasteiger partial charge in [0.2, 0.25) is 5.88 Å². The standard InChI is InChI=1S/C30H34F3N7O/c1-18(2)23-13-20(6-7-21(23)27-24-15-34-9-11-39(24)19(3)37-27)14-26-38-28(25-16-35-10-12-40(25)26)22-5-4-8-36-29(22)41-17-30(31,32)33/h4-8,13,18,34-35H,9-12,14-17H2,1-3H3. The van der Waals surface area contributed by atoms with Crippen LogP contribution in [0.3, 0.4) is 0 Å². The molecule has 0 unspecified atom stereocenters. The number of rotatable bonds is 7. The van der Waals surface area contributed by atoms with Crippen LogP contribution in [0.2, 0.25) is 0 Å². The van der Waals surface area contributed by atoms with Crippen LogP contribution in [0, 0.1) is 6.92 Å². The lowest BCUT2D eigenvalue weighted by atomic mass is 9.91. The van der Waals surface area contributed by atoms with Gasteiger partial charge in [0.05, 0.1) is 28.3 Å². The maximum atomic E-state index is 12.9. The summed E-state index contributed by atoms with van der Waals surface area (Å²) in [6, 6.07) is 9.98. The number of hydrogen-bond acceptors (Lipinski definition) is 6. The van der Waals surface area contributed by atoms with Gasteiger partial charge in [0, 0.05) is 57.4 Å². The average molecular weight is 566 g/mol. The highest BCUT2D eigenvalue weighted by Gasteiger charge is 2.30. The van der Waals surface area contributed by atoms with E-state index in [1.807, 2.05) is 0 Å². The third-order valence-corrected chi connectivity index (χ3v) is 7.78. The molecule has 8 nitrogen and oxygen atoms in total. The number of benzene rings is 1. The van der Waals surface area contributed by atoms with Crippen LogP contribution >= 0.6 is 0 Å². The van der Waals surface area contributed by atoms with Gasteiger partial charge in [-0.1, -0.05) is 32.0 Å². The summed E-state index contributed by atoms with van der Waals surface area (Å²) < 4.78 is 48.3. The minimum atomic E-state index is -4.46. The molecule has 1 aromatic carbocycles. The van der Waals surface area contributed by atoms with Crippen LogP contribution in [0.1, 0.15) is 53.9 Å². The number of nitrogens with one attached hydrogen (secondary N) is 2. The van der Waals surface area contributed by atoms with E-state index >= 15 is 0 Å². The van der Waals surface area contributed by atoms with E-state index in [4.69, 9.17) is 14.7 Å². The molecule has 0 saturated heterocycles. The summed E-state index contributed by atoms with van der Waals surface area (Å²) >= 11 is 0. The molecule has 2 aliphatic heterocycles. The van der Waals surface area contributed by atoms with Gasteiger partial charge in [-0.3, -0.25) is 0 Å². The van der Waals surface area contributed by atoms with E-state index in [0.717, 1.165) is 66.9 Å². The lowest BCUT2D eigenvalue weighted by Crippen LogP contribution is -2.29. The van der Waals surface area contributed by atoms with E-state index in [1.165, 1.54) is 17.5 Å². The van der Waals surface area contributed by atoms with Crippen molar-refractivity contribution in [2.45, 2.75) is 65.5 Å². The van der Waals surface area contributed by atoms with E-state index in [-0.39, 0.29) is 11.8 Å². The largest absolute Gasteiger partial charge is 0.468 e. The second-order valence-electron chi connectivity index (χ2n) is 10.9. The number of aryl methyl sites for hydroxylation is 1. The third-order valence-electron chi connectivity index (χ3n) is 7.78. The summed E-state index contributed by atoms with van der Waals surface area (Å²) in [5.41, 5.74) is 7.76. The van der Waals surface area contributed by atoms with Crippen LogP contribution in [-0.2, 0) is 32.6 Å². The predicted octanol–water partition coefficient (Wildman–Crippen LogP) is 4.98. The Balaban J connectivity index is 1.36. The molecule has 2 N–H and O–H groups in total. The molecule has 0 bridgehead atoms. The first kappa shape index (κ1) is 27.5. The zero-order valence-corrected chi connectivity index (χ0v) is 23.5. The topological polar surface area (TPSA) is 81.8 Å². The number of halogens is 3. The highest BCUT2D eigenvalue weighted by Crippen LogP contribution is 2.36. The van der Waals surface area contributed by atoms with Gasteiger partial charge in [-0.05, 0) is 36.1 Å². The summed E-state index contributed by atoms with van der Waals surface area (Å²) in [5, 5.41) is 6.84. The molecule has 0 spiro atoms. The summed E-state index contributed by atoms with van der Waals surface area (Å²) in [6.07, 6.45) is -2.44. The Morgan fingerprint density at radius 3 is 2.39 bits per heavy atom. The summed E-state index contributed by atoms with van der Waals surface area (Å²) in [4.78, 5) is 14.0. The van der Waals surface area contributed by atoms with Crippen molar-refractivity contribution in [3.8, 4) is 28.4 Å². The maximum absolute atomic E-state index is 12.9. The van der Waals surface area contributed by atoms with Crippen molar-refractivity contribution in [2.24, 2.45) is 0 Å². The SMILES string of the molecule is Cc1nc(-c2ccc(Cc3nc(-c4cccnc4OCC(F)(F)F)c4n3CCNC4)cc2C(C)C)c2n1CCNC2. The minimum Gasteiger partial charge on any atom is -0.468 e. The van der Waals surface area contributed by atoms with Crippen molar-refractivity contribution in [3.63, 3.8) is 0 Å². The number of fused-ring (bicyclic) bond motifs is 2. The van der Waals surface area contributed by atoms with Crippen LogP contribution in [0.5, 0.6) is 5.88 Å². The molecule has 2 aliphatic rings. The minimum absolute atomic E-state index is 0.0671. The van der Waals surface area contributed by atoms with Crippen molar-refractivity contribution in [1.29, 1.82) is 0 Å². The van der Waals surface area contributed by atoms with Crippen molar-refractivity contribution >= 4 is 0 Å². The highest BCUT2D eigenvalue weighted by atomic mass is 19.4. The van der Waals surface area contributed by atoms with Crippen molar-refractivity contribution in [1.82, 2.24) is 34.7 Å². The molecule has 3 aromatic heterocycles. The molecule has 0 aliphatic carbocycles. The fourth-order valence-electron chi connectivity index (χ4n) is 5.86. The van der Waals surface area contributed by atoms with Crippen molar-refractivity contribution < 1.29 is 17.9 Å². The molecule has 41 heavy (non-hydrogen) atoms. The van der Waals surface area contributed by atoms with E-state index in [0.29, 0.717) is 24.2 Å². The molecule has 5 heterocycles. The lowest BCUT2D eigenvalue weighted by Gasteiger charge is -2.20. The Bertz CT molecular complexity index is 1570.